The third-order valence-corrected chi connectivity index (χ3v) is 5.12. The molecule has 0 saturated carbocycles. The smallest absolute Gasteiger partial charge is 0.252 e. The van der Waals surface area contributed by atoms with Crippen molar-refractivity contribution >= 4 is 31.9 Å². The van der Waals surface area contributed by atoms with Crippen LogP contribution in [0.4, 0.5) is 0 Å². The summed E-state index contributed by atoms with van der Waals surface area (Å²) >= 11 is 3.29. The summed E-state index contributed by atoms with van der Waals surface area (Å²) in [7, 11) is -3.66. The van der Waals surface area contributed by atoms with E-state index in [9.17, 15) is 13.2 Å². The summed E-state index contributed by atoms with van der Waals surface area (Å²) in [5.74, 6) is -0.298. The fourth-order valence-electron chi connectivity index (χ4n) is 1.90. The van der Waals surface area contributed by atoms with Crippen molar-refractivity contribution in [3.63, 3.8) is 0 Å². The third kappa shape index (κ3) is 5.23. The SMILES string of the molecule is C=CCNS(=O)(=O)c1ccc(Br)c(C(=O)N[C@@H](C)CCC)c1. The minimum Gasteiger partial charge on any atom is -0.350 e. The maximum Gasteiger partial charge on any atom is 0.252 e. The Morgan fingerprint density at radius 2 is 2.14 bits per heavy atom. The predicted octanol–water partition coefficient (Wildman–Crippen LogP) is 2.83. The summed E-state index contributed by atoms with van der Waals surface area (Å²) in [5.41, 5.74) is 0.296. The summed E-state index contributed by atoms with van der Waals surface area (Å²) < 4.78 is 27.1. The van der Waals surface area contributed by atoms with Crippen LogP contribution in [0.5, 0.6) is 0 Å². The zero-order chi connectivity index (χ0) is 16.8. The Morgan fingerprint density at radius 3 is 2.73 bits per heavy atom. The van der Waals surface area contributed by atoms with Crippen LogP contribution in [0.25, 0.3) is 0 Å². The number of amides is 1. The summed E-state index contributed by atoms with van der Waals surface area (Å²) in [6.45, 7) is 7.56. The first-order chi connectivity index (χ1) is 10.3. The molecule has 122 valence electrons. The van der Waals surface area contributed by atoms with Gasteiger partial charge >= 0.3 is 0 Å². The average Bonchev–Trinajstić information content (AvgIpc) is 2.45. The molecule has 1 aromatic carbocycles. The lowest BCUT2D eigenvalue weighted by molar-refractivity contribution is 0.0937. The van der Waals surface area contributed by atoms with Crippen molar-refractivity contribution < 1.29 is 13.2 Å². The largest absolute Gasteiger partial charge is 0.350 e. The third-order valence-electron chi connectivity index (χ3n) is 3.01. The Labute approximate surface area is 140 Å². The second-order valence-electron chi connectivity index (χ2n) is 4.95. The second-order valence-corrected chi connectivity index (χ2v) is 7.57. The zero-order valence-corrected chi connectivity index (χ0v) is 15.1. The molecule has 0 saturated heterocycles. The van der Waals surface area contributed by atoms with Gasteiger partial charge in [0.15, 0.2) is 0 Å². The molecule has 22 heavy (non-hydrogen) atoms. The van der Waals surface area contributed by atoms with Crippen molar-refractivity contribution in [2.24, 2.45) is 0 Å². The first-order valence-electron chi connectivity index (χ1n) is 7.02. The van der Waals surface area contributed by atoms with Crippen LogP contribution >= 0.6 is 15.9 Å². The van der Waals surface area contributed by atoms with E-state index in [4.69, 9.17) is 0 Å². The van der Waals surface area contributed by atoms with Gasteiger partial charge in [0, 0.05) is 17.1 Å². The lowest BCUT2D eigenvalue weighted by atomic mass is 10.1. The highest BCUT2D eigenvalue weighted by atomic mass is 79.9. The predicted molar refractivity (Wildman–Crippen MR) is 91.4 cm³/mol. The normalized spacial score (nSPS) is 12.7. The zero-order valence-electron chi connectivity index (χ0n) is 12.7. The molecule has 2 N–H and O–H groups in total. The van der Waals surface area contributed by atoms with Gasteiger partial charge in [0.2, 0.25) is 10.0 Å². The molecular weight excluding hydrogens is 368 g/mol. The second kappa shape index (κ2) is 8.45. The van der Waals surface area contributed by atoms with Crippen LogP contribution in [-0.2, 0) is 10.0 Å². The first kappa shape index (κ1) is 18.9. The number of sulfonamides is 1. The Kier molecular flexibility index (Phi) is 7.25. The molecule has 0 radical (unpaired) electrons. The first-order valence-corrected chi connectivity index (χ1v) is 9.30. The average molecular weight is 389 g/mol. The van der Waals surface area contributed by atoms with Crippen LogP contribution < -0.4 is 10.0 Å². The Hall–Kier alpha value is -1.18. The molecule has 1 atom stereocenters. The van der Waals surface area contributed by atoms with Crippen molar-refractivity contribution in [3.8, 4) is 0 Å². The van der Waals surface area contributed by atoms with E-state index in [0.29, 0.717) is 10.0 Å². The molecule has 1 rings (SSSR count). The van der Waals surface area contributed by atoms with E-state index < -0.39 is 10.0 Å². The van der Waals surface area contributed by atoms with Crippen molar-refractivity contribution in [1.82, 2.24) is 10.0 Å². The van der Waals surface area contributed by atoms with E-state index in [1.54, 1.807) is 6.07 Å². The van der Waals surface area contributed by atoms with E-state index in [1.165, 1.54) is 18.2 Å². The van der Waals surface area contributed by atoms with Gasteiger partial charge in [-0.15, -0.1) is 6.58 Å². The number of nitrogens with one attached hydrogen (secondary N) is 2. The molecule has 1 amide bonds. The summed E-state index contributed by atoms with van der Waals surface area (Å²) in [4.78, 5) is 12.3. The standard InChI is InChI=1S/C15H21BrN2O3S/c1-4-6-11(3)18-15(19)13-10-12(7-8-14(13)16)22(20,21)17-9-5-2/h5,7-8,10-11,17H,2,4,6,9H2,1,3H3,(H,18,19)/t11-/m0/s1. The van der Waals surface area contributed by atoms with Gasteiger partial charge in [-0.1, -0.05) is 19.4 Å². The minimum absolute atomic E-state index is 0.0311. The highest BCUT2D eigenvalue weighted by molar-refractivity contribution is 9.10. The summed E-state index contributed by atoms with van der Waals surface area (Å²) in [6.07, 6.45) is 3.28. The van der Waals surface area contributed by atoms with Crippen LogP contribution in [-0.4, -0.2) is 26.9 Å². The van der Waals surface area contributed by atoms with Crippen molar-refractivity contribution in [3.05, 3.63) is 40.9 Å². The van der Waals surface area contributed by atoms with Gasteiger partial charge in [-0.2, -0.15) is 0 Å². The molecule has 5 nitrogen and oxygen atoms in total. The minimum atomic E-state index is -3.66. The van der Waals surface area contributed by atoms with Crippen LogP contribution in [0.2, 0.25) is 0 Å². The van der Waals surface area contributed by atoms with Gasteiger partial charge in [0.1, 0.15) is 0 Å². The number of hydrogen-bond donors (Lipinski definition) is 2. The Balaban J connectivity index is 3.04. The Morgan fingerprint density at radius 1 is 1.45 bits per heavy atom. The molecule has 1 aromatic rings. The monoisotopic (exact) mass is 388 g/mol. The van der Waals surface area contributed by atoms with E-state index >= 15 is 0 Å². The van der Waals surface area contributed by atoms with E-state index in [0.717, 1.165) is 12.8 Å². The fraction of sp³-hybridized carbons (Fsp3) is 0.400. The lowest BCUT2D eigenvalue weighted by Gasteiger charge is -2.14. The van der Waals surface area contributed by atoms with Gasteiger partial charge in [-0.25, -0.2) is 13.1 Å². The van der Waals surface area contributed by atoms with Crippen LogP contribution in [0, 0.1) is 0 Å². The summed E-state index contributed by atoms with van der Waals surface area (Å²) in [6, 6.07) is 4.40. The number of benzene rings is 1. The molecular formula is C15H21BrN2O3S. The molecule has 0 aliphatic rings. The van der Waals surface area contributed by atoms with E-state index in [-0.39, 0.29) is 23.4 Å². The van der Waals surface area contributed by atoms with Crippen molar-refractivity contribution in [1.29, 1.82) is 0 Å². The highest BCUT2D eigenvalue weighted by Gasteiger charge is 2.18. The molecule has 7 heteroatoms. The van der Waals surface area contributed by atoms with Gasteiger partial charge in [0.05, 0.1) is 10.5 Å². The van der Waals surface area contributed by atoms with Crippen LogP contribution in [0.15, 0.2) is 40.2 Å². The number of carbonyl (C=O) groups is 1. The highest BCUT2D eigenvalue weighted by Crippen LogP contribution is 2.21. The maximum atomic E-state index is 12.3. The maximum absolute atomic E-state index is 12.3. The van der Waals surface area contributed by atoms with Gasteiger partial charge in [-0.3, -0.25) is 4.79 Å². The van der Waals surface area contributed by atoms with Gasteiger partial charge in [0.25, 0.3) is 5.91 Å². The Bertz CT molecular complexity index is 644. The molecule has 0 aromatic heterocycles. The number of carbonyl (C=O) groups excluding carboxylic acids is 1. The van der Waals surface area contributed by atoms with E-state index in [1.807, 2.05) is 13.8 Å². The number of hydrogen-bond acceptors (Lipinski definition) is 3. The number of halogens is 1. The molecule has 0 aliphatic carbocycles. The molecule has 0 unspecified atom stereocenters. The fourth-order valence-corrected chi connectivity index (χ4v) is 3.36. The van der Waals surface area contributed by atoms with Crippen molar-refractivity contribution in [2.75, 3.05) is 6.54 Å². The van der Waals surface area contributed by atoms with Gasteiger partial charge < -0.3 is 5.32 Å². The molecule has 0 fully saturated rings. The number of rotatable bonds is 8. The van der Waals surface area contributed by atoms with Crippen LogP contribution in [0.1, 0.15) is 37.0 Å². The van der Waals surface area contributed by atoms with Crippen molar-refractivity contribution in [2.45, 2.75) is 37.6 Å². The van der Waals surface area contributed by atoms with Gasteiger partial charge in [-0.05, 0) is 47.5 Å². The molecule has 0 aliphatic heterocycles. The lowest BCUT2D eigenvalue weighted by Crippen LogP contribution is -2.33. The van der Waals surface area contributed by atoms with E-state index in [2.05, 4.69) is 32.5 Å². The summed E-state index contributed by atoms with van der Waals surface area (Å²) in [5, 5.41) is 2.86. The molecule has 0 heterocycles. The topological polar surface area (TPSA) is 75.3 Å². The molecule has 0 bridgehead atoms. The van der Waals surface area contributed by atoms with Crippen LogP contribution in [0.3, 0.4) is 0 Å². The molecule has 0 spiro atoms. The quantitative estimate of drug-likeness (QED) is 0.672.